The van der Waals surface area contributed by atoms with E-state index in [-0.39, 0.29) is 0 Å². The molecule has 5 nitrogen and oxygen atoms in total. The third kappa shape index (κ3) is 9.03. The number of aliphatic hydroxyl groups excluding tert-OH is 2. The Labute approximate surface area is 185 Å². The van der Waals surface area contributed by atoms with Crippen molar-refractivity contribution >= 4 is 12.0 Å². The van der Waals surface area contributed by atoms with Crippen molar-refractivity contribution in [2.24, 2.45) is 0 Å². The second kappa shape index (κ2) is 13.7. The average Bonchev–Trinajstić information content (AvgIpc) is 2.79. The maximum absolute atomic E-state index is 11.7. The summed E-state index contributed by atoms with van der Waals surface area (Å²) >= 11 is 0. The third-order valence-electron chi connectivity index (χ3n) is 5.27. The van der Waals surface area contributed by atoms with Gasteiger partial charge in [0.1, 0.15) is 0 Å². The molecule has 31 heavy (non-hydrogen) atoms. The molecule has 1 aromatic heterocycles. The van der Waals surface area contributed by atoms with Crippen LogP contribution in [0.3, 0.4) is 0 Å². The van der Waals surface area contributed by atoms with Gasteiger partial charge in [0.2, 0.25) is 0 Å². The van der Waals surface area contributed by atoms with Gasteiger partial charge in [0, 0.05) is 12.1 Å². The molecular formula is C26H35NO4. The molecule has 0 aliphatic carbocycles. The molecule has 5 heteroatoms. The molecule has 2 atom stereocenters. The number of pyridine rings is 1. The van der Waals surface area contributed by atoms with Crippen LogP contribution in [0.5, 0.6) is 0 Å². The number of methoxy groups -OCH3 is 1. The van der Waals surface area contributed by atoms with Crippen LogP contribution in [0.2, 0.25) is 0 Å². The van der Waals surface area contributed by atoms with E-state index in [1.54, 1.807) is 30.3 Å². The second-order valence-electron chi connectivity index (χ2n) is 7.87. The molecule has 2 rings (SSSR count). The van der Waals surface area contributed by atoms with Crippen molar-refractivity contribution in [1.29, 1.82) is 0 Å². The van der Waals surface area contributed by atoms with Crippen molar-refractivity contribution in [3.05, 3.63) is 71.1 Å². The van der Waals surface area contributed by atoms with Crippen molar-refractivity contribution in [1.82, 2.24) is 4.98 Å². The van der Waals surface area contributed by atoms with E-state index < -0.39 is 18.2 Å². The number of hydrogen-bond donors (Lipinski definition) is 2. The summed E-state index contributed by atoms with van der Waals surface area (Å²) in [5.74, 6) is -0.432. The standard InChI is InChI=1S/C26H35NO4/c1-3-4-5-6-7-8-15-24(28)17-16-22-13-10-14-23(27-22)19-25(29)20-11-9-12-21(18-20)26(30)31-2/h9-14,16-18,24-25,28-29H,3-8,15,19H2,1-2H3. The van der Waals surface area contributed by atoms with E-state index in [1.165, 1.54) is 32.8 Å². The van der Waals surface area contributed by atoms with Crippen LogP contribution in [0, 0.1) is 0 Å². The number of nitrogens with zero attached hydrogens (tertiary/aromatic N) is 1. The van der Waals surface area contributed by atoms with Crippen LogP contribution in [0.15, 0.2) is 48.5 Å². The van der Waals surface area contributed by atoms with E-state index in [0.717, 1.165) is 30.7 Å². The molecule has 1 heterocycles. The number of carbonyl (C=O) groups is 1. The maximum Gasteiger partial charge on any atom is 0.337 e. The van der Waals surface area contributed by atoms with E-state index in [0.29, 0.717) is 17.5 Å². The Bertz CT molecular complexity index is 834. The lowest BCUT2D eigenvalue weighted by atomic mass is 10.0. The number of rotatable bonds is 13. The molecule has 0 spiro atoms. The van der Waals surface area contributed by atoms with Gasteiger partial charge in [-0.3, -0.25) is 4.98 Å². The first-order chi connectivity index (χ1) is 15.0. The van der Waals surface area contributed by atoms with Crippen LogP contribution >= 0.6 is 0 Å². The highest BCUT2D eigenvalue weighted by molar-refractivity contribution is 5.89. The lowest BCUT2D eigenvalue weighted by Gasteiger charge is -2.12. The zero-order chi connectivity index (χ0) is 22.5. The number of ether oxygens (including phenoxy) is 1. The predicted molar refractivity (Wildman–Crippen MR) is 124 cm³/mol. The number of esters is 1. The van der Waals surface area contributed by atoms with E-state index in [2.05, 4.69) is 11.9 Å². The molecule has 0 amide bonds. The van der Waals surface area contributed by atoms with Gasteiger partial charge in [-0.15, -0.1) is 0 Å². The van der Waals surface area contributed by atoms with E-state index >= 15 is 0 Å². The highest BCUT2D eigenvalue weighted by Crippen LogP contribution is 2.19. The van der Waals surface area contributed by atoms with Crippen molar-refractivity contribution < 1.29 is 19.7 Å². The monoisotopic (exact) mass is 425 g/mol. The van der Waals surface area contributed by atoms with Gasteiger partial charge in [-0.05, 0) is 42.3 Å². The fourth-order valence-corrected chi connectivity index (χ4v) is 3.45. The van der Waals surface area contributed by atoms with Crippen LogP contribution in [0.4, 0.5) is 0 Å². The van der Waals surface area contributed by atoms with E-state index in [1.807, 2.05) is 24.3 Å². The van der Waals surface area contributed by atoms with Crippen LogP contribution in [-0.2, 0) is 11.2 Å². The topological polar surface area (TPSA) is 79.7 Å². The Balaban J connectivity index is 1.88. The van der Waals surface area contributed by atoms with Gasteiger partial charge in [0.05, 0.1) is 30.6 Å². The smallest absolute Gasteiger partial charge is 0.337 e. The molecule has 0 radical (unpaired) electrons. The fraction of sp³-hybridized carbons (Fsp3) is 0.462. The summed E-state index contributed by atoms with van der Waals surface area (Å²) in [6.07, 6.45) is 10.7. The molecule has 168 valence electrons. The summed E-state index contributed by atoms with van der Waals surface area (Å²) < 4.78 is 4.74. The summed E-state index contributed by atoms with van der Waals surface area (Å²) in [6, 6.07) is 12.4. The lowest BCUT2D eigenvalue weighted by Crippen LogP contribution is -2.07. The number of unbranched alkanes of at least 4 members (excludes halogenated alkanes) is 5. The van der Waals surface area contributed by atoms with Crippen molar-refractivity contribution in [3.8, 4) is 0 Å². The van der Waals surface area contributed by atoms with Gasteiger partial charge in [0.25, 0.3) is 0 Å². The molecule has 2 aromatic rings. The predicted octanol–water partition coefficient (Wildman–Crippen LogP) is 5.27. The molecule has 1 aromatic carbocycles. The SMILES string of the molecule is CCCCCCCCC(O)C=Cc1cccc(CC(O)c2cccc(C(=O)OC)c2)n1. The number of carbonyl (C=O) groups excluding carboxylic acids is 1. The first-order valence-electron chi connectivity index (χ1n) is 11.2. The molecule has 2 unspecified atom stereocenters. The molecule has 0 fully saturated rings. The Hall–Kier alpha value is -2.50. The van der Waals surface area contributed by atoms with Gasteiger partial charge in [0.15, 0.2) is 0 Å². The minimum absolute atomic E-state index is 0.326. The number of aliphatic hydroxyl groups is 2. The van der Waals surface area contributed by atoms with Crippen LogP contribution in [-0.4, -0.2) is 34.4 Å². The van der Waals surface area contributed by atoms with Crippen molar-refractivity contribution in [2.75, 3.05) is 7.11 Å². The van der Waals surface area contributed by atoms with Crippen molar-refractivity contribution in [2.45, 2.75) is 70.5 Å². The normalized spacial score (nSPS) is 13.3. The first-order valence-corrected chi connectivity index (χ1v) is 11.2. The van der Waals surface area contributed by atoms with Gasteiger partial charge in [-0.25, -0.2) is 4.79 Å². The van der Waals surface area contributed by atoms with Crippen LogP contribution < -0.4 is 0 Å². The molecule has 2 N–H and O–H groups in total. The van der Waals surface area contributed by atoms with Gasteiger partial charge < -0.3 is 14.9 Å². The highest BCUT2D eigenvalue weighted by Gasteiger charge is 2.13. The van der Waals surface area contributed by atoms with Gasteiger partial charge in [-0.2, -0.15) is 0 Å². The molecule has 0 aliphatic heterocycles. The summed E-state index contributed by atoms with van der Waals surface area (Å²) in [5.41, 5.74) is 2.53. The van der Waals surface area contributed by atoms with E-state index in [4.69, 9.17) is 4.74 Å². The Morgan fingerprint density at radius 2 is 1.81 bits per heavy atom. The Kier molecular flexibility index (Phi) is 11.0. The quantitative estimate of drug-likeness (QED) is 0.338. The Morgan fingerprint density at radius 3 is 2.58 bits per heavy atom. The largest absolute Gasteiger partial charge is 0.465 e. The third-order valence-corrected chi connectivity index (χ3v) is 5.27. The molecule has 0 saturated carbocycles. The summed E-state index contributed by atoms with van der Waals surface area (Å²) in [5, 5.41) is 20.8. The lowest BCUT2D eigenvalue weighted by molar-refractivity contribution is 0.0600. The van der Waals surface area contributed by atoms with Crippen molar-refractivity contribution in [3.63, 3.8) is 0 Å². The van der Waals surface area contributed by atoms with Gasteiger partial charge >= 0.3 is 5.97 Å². The minimum atomic E-state index is -0.783. The number of aromatic nitrogens is 1. The maximum atomic E-state index is 11.7. The molecule has 0 aliphatic rings. The van der Waals surface area contributed by atoms with E-state index in [9.17, 15) is 15.0 Å². The molecular weight excluding hydrogens is 390 g/mol. The zero-order valence-corrected chi connectivity index (χ0v) is 18.7. The fourth-order valence-electron chi connectivity index (χ4n) is 3.45. The Morgan fingerprint density at radius 1 is 1.06 bits per heavy atom. The van der Waals surface area contributed by atoms with Gasteiger partial charge in [-0.1, -0.05) is 69.7 Å². The number of hydrogen-bond acceptors (Lipinski definition) is 5. The first kappa shape index (κ1) is 24.8. The summed E-state index contributed by atoms with van der Waals surface area (Å²) in [7, 11) is 1.33. The molecule has 0 saturated heterocycles. The second-order valence-corrected chi connectivity index (χ2v) is 7.87. The van der Waals surface area contributed by atoms with Crippen LogP contribution in [0.1, 0.15) is 85.3 Å². The number of benzene rings is 1. The van der Waals surface area contributed by atoms with Crippen LogP contribution in [0.25, 0.3) is 6.08 Å². The highest BCUT2D eigenvalue weighted by atomic mass is 16.5. The molecule has 0 bridgehead atoms. The zero-order valence-electron chi connectivity index (χ0n) is 18.7. The summed E-state index contributed by atoms with van der Waals surface area (Å²) in [6.45, 7) is 2.21. The summed E-state index contributed by atoms with van der Waals surface area (Å²) in [4.78, 5) is 16.3. The minimum Gasteiger partial charge on any atom is -0.465 e. The average molecular weight is 426 g/mol.